The smallest absolute Gasteiger partial charge is 0.209 e. The Labute approximate surface area is 85.3 Å². The van der Waals surface area contributed by atoms with Crippen molar-refractivity contribution in [3.8, 4) is 0 Å². The topological polar surface area (TPSA) is 64.0 Å². The van der Waals surface area contributed by atoms with Crippen LogP contribution >= 0.6 is 15.9 Å². The van der Waals surface area contributed by atoms with E-state index in [9.17, 15) is 8.42 Å². The Bertz CT molecular complexity index is 398. The Morgan fingerprint density at radius 3 is 2.69 bits per heavy atom. The predicted octanol–water partition coefficient (Wildman–Crippen LogP) is 0.232. The van der Waals surface area contributed by atoms with Crippen molar-refractivity contribution in [3.05, 3.63) is 16.4 Å². The van der Waals surface area contributed by atoms with E-state index in [0.29, 0.717) is 5.69 Å². The summed E-state index contributed by atoms with van der Waals surface area (Å²) in [5.74, 6) is 0. The number of sulfonamides is 1. The number of halogens is 1. The van der Waals surface area contributed by atoms with Crippen LogP contribution in [0.2, 0.25) is 0 Å². The molecule has 7 heteroatoms. The highest BCUT2D eigenvalue weighted by molar-refractivity contribution is 9.10. The van der Waals surface area contributed by atoms with E-state index in [4.69, 9.17) is 0 Å². The Morgan fingerprint density at radius 2 is 2.31 bits per heavy atom. The number of hydrogen-bond acceptors (Lipinski definition) is 3. The van der Waals surface area contributed by atoms with Crippen LogP contribution in [-0.2, 0) is 23.6 Å². The van der Waals surface area contributed by atoms with Crippen molar-refractivity contribution in [1.82, 2.24) is 14.5 Å². The molecule has 0 fully saturated rings. The van der Waals surface area contributed by atoms with Gasteiger partial charge >= 0.3 is 0 Å². The highest BCUT2D eigenvalue weighted by Gasteiger charge is 2.07. The van der Waals surface area contributed by atoms with Crippen molar-refractivity contribution in [2.75, 3.05) is 6.26 Å². The van der Waals surface area contributed by atoms with Crippen LogP contribution < -0.4 is 4.72 Å². The Hall–Kier alpha value is -0.400. The number of nitrogens with zero attached hydrogens (tertiary/aromatic N) is 2. The Morgan fingerprint density at radius 1 is 1.69 bits per heavy atom. The van der Waals surface area contributed by atoms with Crippen LogP contribution in [0.25, 0.3) is 0 Å². The molecule has 0 amide bonds. The monoisotopic (exact) mass is 267 g/mol. The van der Waals surface area contributed by atoms with Crippen molar-refractivity contribution in [2.45, 2.75) is 6.54 Å². The molecule has 0 radical (unpaired) electrons. The fourth-order valence-corrected chi connectivity index (χ4v) is 1.74. The molecule has 0 aliphatic rings. The van der Waals surface area contributed by atoms with E-state index >= 15 is 0 Å². The van der Waals surface area contributed by atoms with Gasteiger partial charge in [0.05, 0.1) is 23.0 Å². The van der Waals surface area contributed by atoms with Gasteiger partial charge in [0.2, 0.25) is 10.0 Å². The SMILES string of the molecule is Cn1cc(Br)c(CNS(C)(=O)=O)n1. The summed E-state index contributed by atoms with van der Waals surface area (Å²) < 4.78 is 26.3. The molecule has 0 saturated heterocycles. The number of hydrogen-bond donors (Lipinski definition) is 1. The van der Waals surface area contributed by atoms with E-state index in [-0.39, 0.29) is 6.54 Å². The summed E-state index contributed by atoms with van der Waals surface area (Å²) in [5, 5.41) is 4.06. The Balaban J connectivity index is 2.70. The van der Waals surface area contributed by atoms with E-state index in [1.807, 2.05) is 0 Å². The summed E-state index contributed by atoms with van der Waals surface area (Å²) in [7, 11) is -1.38. The summed E-state index contributed by atoms with van der Waals surface area (Å²) in [5.41, 5.74) is 0.674. The second kappa shape index (κ2) is 3.77. The van der Waals surface area contributed by atoms with Crippen molar-refractivity contribution in [1.29, 1.82) is 0 Å². The number of aryl methyl sites for hydroxylation is 1. The quantitative estimate of drug-likeness (QED) is 0.853. The van der Waals surface area contributed by atoms with Crippen molar-refractivity contribution in [2.24, 2.45) is 7.05 Å². The lowest BCUT2D eigenvalue weighted by Crippen LogP contribution is -2.21. The van der Waals surface area contributed by atoms with Gasteiger partial charge in [0.25, 0.3) is 0 Å². The second-order valence-electron chi connectivity index (χ2n) is 2.69. The van der Waals surface area contributed by atoms with Gasteiger partial charge in [-0.25, -0.2) is 13.1 Å². The van der Waals surface area contributed by atoms with Crippen LogP contribution in [0.4, 0.5) is 0 Å². The standard InChI is InChI=1S/C6H10BrN3O2S/c1-10-4-5(7)6(9-10)3-8-13(2,11)12/h4,8H,3H2,1-2H3. The first-order valence-corrected chi connectivity index (χ1v) is 6.19. The minimum atomic E-state index is -3.15. The van der Waals surface area contributed by atoms with E-state index in [0.717, 1.165) is 10.7 Å². The molecule has 0 aliphatic carbocycles. The molecular formula is C6H10BrN3O2S. The summed E-state index contributed by atoms with van der Waals surface area (Å²) >= 11 is 3.27. The molecule has 1 heterocycles. The largest absolute Gasteiger partial charge is 0.274 e. The van der Waals surface area contributed by atoms with Gasteiger partial charge in [0, 0.05) is 13.2 Å². The van der Waals surface area contributed by atoms with Gasteiger partial charge in [0.15, 0.2) is 0 Å². The summed E-state index contributed by atoms with van der Waals surface area (Å²) in [4.78, 5) is 0. The second-order valence-corrected chi connectivity index (χ2v) is 5.38. The predicted molar refractivity (Wildman–Crippen MR) is 52.6 cm³/mol. The zero-order chi connectivity index (χ0) is 10.1. The number of nitrogens with one attached hydrogen (secondary N) is 1. The van der Waals surface area contributed by atoms with Crippen molar-refractivity contribution in [3.63, 3.8) is 0 Å². The lowest BCUT2D eigenvalue weighted by molar-refractivity contribution is 0.585. The van der Waals surface area contributed by atoms with Gasteiger partial charge < -0.3 is 0 Å². The first-order valence-electron chi connectivity index (χ1n) is 3.51. The van der Waals surface area contributed by atoms with E-state index in [2.05, 4.69) is 25.8 Å². The molecule has 74 valence electrons. The molecule has 1 aromatic heterocycles. The first-order chi connectivity index (χ1) is 5.88. The third-order valence-electron chi connectivity index (χ3n) is 1.36. The van der Waals surface area contributed by atoms with Crippen molar-refractivity contribution >= 4 is 26.0 Å². The van der Waals surface area contributed by atoms with Crippen LogP contribution in [0.15, 0.2) is 10.7 Å². The molecule has 1 rings (SSSR count). The summed E-state index contributed by atoms with van der Waals surface area (Å²) in [6.07, 6.45) is 2.88. The van der Waals surface area contributed by atoms with Crippen molar-refractivity contribution < 1.29 is 8.42 Å². The molecule has 5 nitrogen and oxygen atoms in total. The average Bonchev–Trinajstić information content (AvgIpc) is 2.24. The number of rotatable bonds is 3. The maximum absolute atomic E-state index is 10.8. The Kier molecular flexibility index (Phi) is 3.09. The van der Waals surface area contributed by atoms with E-state index in [1.165, 1.54) is 0 Å². The van der Waals surface area contributed by atoms with Crippen LogP contribution in [0, 0.1) is 0 Å². The highest BCUT2D eigenvalue weighted by atomic mass is 79.9. The molecule has 0 unspecified atom stereocenters. The fraction of sp³-hybridized carbons (Fsp3) is 0.500. The lowest BCUT2D eigenvalue weighted by atomic mass is 10.4. The normalized spacial score (nSPS) is 11.9. The van der Waals surface area contributed by atoms with Gasteiger partial charge in [0.1, 0.15) is 0 Å². The molecule has 0 aromatic carbocycles. The highest BCUT2D eigenvalue weighted by Crippen LogP contribution is 2.13. The van der Waals surface area contributed by atoms with Crippen LogP contribution in [-0.4, -0.2) is 24.5 Å². The van der Waals surface area contributed by atoms with Gasteiger partial charge in [-0.2, -0.15) is 5.10 Å². The van der Waals surface area contributed by atoms with Crippen LogP contribution in [0.3, 0.4) is 0 Å². The zero-order valence-electron chi connectivity index (χ0n) is 7.28. The summed E-state index contributed by atoms with van der Waals surface area (Å²) in [6, 6.07) is 0. The molecular weight excluding hydrogens is 258 g/mol. The zero-order valence-corrected chi connectivity index (χ0v) is 9.68. The lowest BCUT2D eigenvalue weighted by Gasteiger charge is -1.98. The molecule has 0 spiro atoms. The molecule has 0 bridgehead atoms. The fourth-order valence-electron chi connectivity index (χ4n) is 0.825. The molecule has 1 N–H and O–H groups in total. The van der Waals surface area contributed by atoms with Gasteiger partial charge in [-0.15, -0.1) is 0 Å². The minimum absolute atomic E-state index is 0.209. The van der Waals surface area contributed by atoms with Gasteiger partial charge in [-0.3, -0.25) is 4.68 Å². The third-order valence-corrected chi connectivity index (χ3v) is 2.69. The summed E-state index contributed by atoms with van der Waals surface area (Å²) in [6.45, 7) is 0.209. The maximum atomic E-state index is 10.8. The van der Waals surface area contributed by atoms with Gasteiger partial charge in [-0.05, 0) is 15.9 Å². The van der Waals surface area contributed by atoms with E-state index in [1.54, 1.807) is 17.9 Å². The first kappa shape index (κ1) is 10.7. The van der Waals surface area contributed by atoms with E-state index < -0.39 is 10.0 Å². The molecule has 0 saturated carbocycles. The van der Waals surface area contributed by atoms with Crippen LogP contribution in [0.5, 0.6) is 0 Å². The molecule has 1 aromatic rings. The third kappa shape index (κ3) is 3.45. The maximum Gasteiger partial charge on any atom is 0.209 e. The average molecular weight is 268 g/mol. The minimum Gasteiger partial charge on any atom is -0.274 e. The molecule has 0 aliphatic heterocycles. The number of aromatic nitrogens is 2. The van der Waals surface area contributed by atoms with Gasteiger partial charge in [-0.1, -0.05) is 0 Å². The van der Waals surface area contributed by atoms with Crippen LogP contribution in [0.1, 0.15) is 5.69 Å². The molecule has 0 atom stereocenters. The molecule has 13 heavy (non-hydrogen) atoms.